The van der Waals surface area contributed by atoms with Gasteiger partial charge < -0.3 is 5.73 Å². The van der Waals surface area contributed by atoms with Crippen molar-refractivity contribution in [1.82, 2.24) is 9.97 Å². The van der Waals surface area contributed by atoms with E-state index in [2.05, 4.69) is 34.2 Å². The highest BCUT2D eigenvalue weighted by atomic mass is 16.1. The van der Waals surface area contributed by atoms with Gasteiger partial charge in [-0.1, -0.05) is 78.9 Å². The maximum Gasteiger partial charge on any atom is 0.256 e. The molecule has 0 fully saturated rings. The Balaban J connectivity index is 1.64. The number of aromatic nitrogens is 2. The lowest BCUT2D eigenvalue weighted by Gasteiger charge is -2.06. The molecule has 0 saturated heterocycles. The fourth-order valence-corrected chi connectivity index (χ4v) is 3.07. The van der Waals surface area contributed by atoms with Crippen LogP contribution in [0, 0.1) is 0 Å². The molecule has 1 heterocycles. The molecule has 0 bridgehead atoms. The summed E-state index contributed by atoms with van der Waals surface area (Å²) in [6.45, 7) is 0. The number of unbranched alkanes of at least 4 members (excludes halogenated alkanes) is 1. The Labute approximate surface area is 165 Å². The number of anilines is 1. The number of allylic oxidation sites excluding steroid dienone is 2. The summed E-state index contributed by atoms with van der Waals surface area (Å²) >= 11 is 0. The minimum atomic E-state index is -0.154. The van der Waals surface area contributed by atoms with Gasteiger partial charge in [0.25, 0.3) is 5.56 Å². The fraction of sp³-hybridized carbons (Fsp3) is 0.167. The highest BCUT2D eigenvalue weighted by molar-refractivity contribution is 5.57. The van der Waals surface area contributed by atoms with Crippen molar-refractivity contribution in [2.75, 3.05) is 5.73 Å². The number of rotatable bonds is 8. The van der Waals surface area contributed by atoms with E-state index in [1.165, 1.54) is 5.56 Å². The standard InChI is InChI=1S/C24H25N3O/c25-24-26-22(18-10-8-16-20-13-5-2-6-14-20)21(23(28)27-24)17-9-7-15-19-11-3-1-4-12-19/h1-6,8,10-14,16,18H,7,9,15,17H2,(H3,25,26,27,28). The van der Waals surface area contributed by atoms with Crippen molar-refractivity contribution < 1.29 is 0 Å². The van der Waals surface area contributed by atoms with E-state index >= 15 is 0 Å². The molecule has 1 aromatic heterocycles. The van der Waals surface area contributed by atoms with E-state index in [9.17, 15) is 4.79 Å². The van der Waals surface area contributed by atoms with Gasteiger partial charge in [0.1, 0.15) is 0 Å². The van der Waals surface area contributed by atoms with Crippen molar-refractivity contribution in [2.45, 2.75) is 25.7 Å². The Bertz CT molecular complexity index is 989. The maximum absolute atomic E-state index is 12.4. The van der Waals surface area contributed by atoms with E-state index in [-0.39, 0.29) is 11.5 Å². The zero-order valence-corrected chi connectivity index (χ0v) is 15.8. The van der Waals surface area contributed by atoms with Gasteiger partial charge in [-0.2, -0.15) is 0 Å². The predicted molar refractivity (Wildman–Crippen MR) is 117 cm³/mol. The topological polar surface area (TPSA) is 71.8 Å². The van der Waals surface area contributed by atoms with E-state index in [1.807, 2.05) is 60.7 Å². The smallest absolute Gasteiger partial charge is 0.256 e. The normalized spacial score (nSPS) is 11.4. The maximum atomic E-state index is 12.4. The lowest BCUT2D eigenvalue weighted by atomic mass is 10.0. The summed E-state index contributed by atoms with van der Waals surface area (Å²) in [5.41, 5.74) is 9.34. The Morgan fingerprint density at radius 2 is 1.50 bits per heavy atom. The molecule has 0 radical (unpaired) electrons. The van der Waals surface area contributed by atoms with E-state index < -0.39 is 0 Å². The number of nitrogens with two attached hydrogens (primary N) is 1. The van der Waals surface area contributed by atoms with Crippen molar-refractivity contribution >= 4 is 18.1 Å². The largest absolute Gasteiger partial charge is 0.369 e. The molecule has 2 aromatic carbocycles. The molecule has 3 N–H and O–H groups in total. The molecule has 0 aliphatic rings. The molecular formula is C24H25N3O. The summed E-state index contributed by atoms with van der Waals surface area (Å²) in [7, 11) is 0. The second kappa shape index (κ2) is 10.1. The molecular weight excluding hydrogens is 346 g/mol. The minimum Gasteiger partial charge on any atom is -0.369 e. The van der Waals surface area contributed by atoms with Crippen LogP contribution in [0.15, 0.2) is 77.6 Å². The molecule has 0 amide bonds. The number of aromatic amines is 1. The minimum absolute atomic E-state index is 0.143. The lowest BCUT2D eigenvalue weighted by molar-refractivity contribution is 0.726. The van der Waals surface area contributed by atoms with E-state index in [1.54, 1.807) is 0 Å². The van der Waals surface area contributed by atoms with Crippen molar-refractivity contribution in [1.29, 1.82) is 0 Å². The molecule has 0 saturated carbocycles. The van der Waals surface area contributed by atoms with Gasteiger partial charge in [0, 0.05) is 5.56 Å². The van der Waals surface area contributed by atoms with Gasteiger partial charge in [-0.05, 0) is 42.9 Å². The van der Waals surface area contributed by atoms with E-state index in [0.29, 0.717) is 17.7 Å². The van der Waals surface area contributed by atoms with Gasteiger partial charge in [0.05, 0.1) is 5.69 Å². The number of hydrogen-bond acceptors (Lipinski definition) is 3. The number of benzene rings is 2. The monoisotopic (exact) mass is 371 g/mol. The number of nitrogens with zero attached hydrogens (tertiary/aromatic N) is 1. The first-order valence-electron chi connectivity index (χ1n) is 9.55. The van der Waals surface area contributed by atoms with Gasteiger partial charge in [-0.25, -0.2) is 4.98 Å². The number of aryl methyl sites for hydroxylation is 1. The summed E-state index contributed by atoms with van der Waals surface area (Å²) in [5.74, 6) is 0.143. The van der Waals surface area contributed by atoms with Crippen LogP contribution < -0.4 is 11.3 Å². The average Bonchev–Trinajstić information content (AvgIpc) is 2.71. The van der Waals surface area contributed by atoms with Crippen LogP contribution in [-0.2, 0) is 12.8 Å². The molecule has 3 aromatic rings. The average molecular weight is 371 g/mol. The third kappa shape index (κ3) is 5.81. The molecule has 0 unspecified atom stereocenters. The first-order valence-corrected chi connectivity index (χ1v) is 9.55. The number of nitrogens with one attached hydrogen (secondary N) is 1. The molecule has 0 spiro atoms. The molecule has 28 heavy (non-hydrogen) atoms. The van der Waals surface area contributed by atoms with Crippen LogP contribution in [0.2, 0.25) is 0 Å². The summed E-state index contributed by atoms with van der Waals surface area (Å²) in [4.78, 5) is 19.3. The van der Waals surface area contributed by atoms with Crippen LogP contribution in [0.5, 0.6) is 0 Å². The van der Waals surface area contributed by atoms with Gasteiger partial charge in [0.15, 0.2) is 0 Å². The van der Waals surface area contributed by atoms with Crippen molar-refractivity contribution in [2.24, 2.45) is 0 Å². The number of hydrogen-bond donors (Lipinski definition) is 2. The van der Waals surface area contributed by atoms with E-state index in [4.69, 9.17) is 5.73 Å². The van der Waals surface area contributed by atoms with Crippen molar-refractivity contribution in [3.05, 3.63) is 106 Å². The van der Waals surface area contributed by atoms with Crippen LogP contribution in [0.4, 0.5) is 5.95 Å². The van der Waals surface area contributed by atoms with Crippen molar-refractivity contribution in [3.63, 3.8) is 0 Å². The second-order valence-corrected chi connectivity index (χ2v) is 6.64. The Morgan fingerprint density at radius 1 is 0.857 bits per heavy atom. The quantitative estimate of drug-likeness (QED) is 0.447. The van der Waals surface area contributed by atoms with Crippen LogP contribution in [0.25, 0.3) is 12.2 Å². The highest BCUT2D eigenvalue weighted by Gasteiger charge is 2.08. The van der Waals surface area contributed by atoms with E-state index in [0.717, 1.165) is 24.8 Å². The van der Waals surface area contributed by atoms with Crippen LogP contribution in [-0.4, -0.2) is 9.97 Å². The number of H-pyrrole nitrogens is 1. The first kappa shape index (κ1) is 19.4. The third-order valence-corrected chi connectivity index (χ3v) is 4.50. The molecule has 3 rings (SSSR count). The molecule has 0 atom stereocenters. The van der Waals surface area contributed by atoms with Crippen LogP contribution >= 0.6 is 0 Å². The SMILES string of the molecule is Nc1nc(C=CC=Cc2ccccc2)c(CCCCc2ccccc2)c(=O)[nH]1. The van der Waals surface area contributed by atoms with Crippen LogP contribution in [0.1, 0.15) is 35.2 Å². The summed E-state index contributed by atoms with van der Waals surface area (Å²) in [6, 6.07) is 20.4. The molecule has 142 valence electrons. The molecule has 0 aliphatic carbocycles. The molecule has 4 nitrogen and oxygen atoms in total. The summed E-state index contributed by atoms with van der Waals surface area (Å²) < 4.78 is 0. The third-order valence-electron chi connectivity index (χ3n) is 4.50. The Kier molecular flexibility index (Phi) is 6.96. The number of nitrogen functional groups attached to an aromatic ring is 1. The van der Waals surface area contributed by atoms with Gasteiger partial charge in [-0.3, -0.25) is 9.78 Å². The van der Waals surface area contributed by atoms with Gasteiger partial charge >= 0.3 is 0 Å². The van der Waals surface area contributed by atoms with Crippen molar-refractivity contribution in [3.8, 4) is 0 Å². The van der Waals surface area contributed by atoms with Gasteiger partial charge in [-0.15, -0.1) is 0 Å². The second-order valence-electron chi connectivity index (χ2n) is 6.64. The Morgan fingerprint density at radius 3 is 2.25 bits per heavy atom. The van der Waals surface area contributed by atoms with Crippen LogP contribution in [0.3, 0.4) is 0 Å². The first-order chi connectivity index (χ1) is 13.7. The summed E-state index contributed by atoms with van der Waals surface area (Å²) in [5, 5.41) is 0. The highest BCUT2D eigenvalue weighted by Crippen LogP contribution is 2.11. The van der Waals surface area contributed by atoms with Gasteiger partial charge in [0.2, 0.25) is 5.95 Å². The Hall–Kier alpha value is -3.40. The zero-order valence-electron chi connectivity index (χ0n) is 15.8. The summed E-state index contributed by atoms with van der Waals surface area (Å²) in [6.07, 6.45) is 11.3. The fourth-order valence-electron chi connectivity index (χ4n) is 3.07. The predicted octanol–water partition coefficient (Wildman–Crippen LogP) is 4.64. The molecule has 0 aliphatic heterocycles. The lowest BCUT2D eigenvalue weighted by Crippen LogP contribution is -2.18. The molecule has 4 heteroatoms. The zero-order chi connectivity index (χ0) is 19.6.